The number of anilines is 2. The van der Waals surface area contributed by atoms with Crippen molar-refractivity contribution in [2.75, 3.05) is 23.9 Å². The Morgan fingerprint density at radius 1 is 1.17 bits per heavy atom. The van der Waals surface area contributed by atoms with E-state index in [2.05, 4.69) is 5.32 Å². The molecular weight excluding hydrogens is 304 g/mol. The number of ether oxygens (including phenoxy) is 1. The molecule has 0 radical (unpaired) electrons. The molecular formula is C19H20N2O3. The minimum Gasteiger partial charge on any atom is -0.497 e. The van der Waals surface area contributed by atoms with Crippen LogP contribution in [0.25, 0.3) is 0 Å². The van der Waals surface area contributed by atoms with Crippen molar-refractivity contribution < 1.29 is 14.3 Å². The molecule has 0 aromatic heterocycles. The average Bonchev–Trinajstić information content (AvgIpc) is 3.05. The number of hydrogen-bond acceptors (Lipinski definition) is 4. The van der Waals surface area contributed by atoms with E-state index in [4.69, 9.17) is 4.74 Å². The van der Waals surface area contributed by atoms with Gasteiger partial charge < -0.3 is 10.1 Å². The fourth-order valence-corrected chi connectivity index (χ4v) is 2.98. The molecule has 2 aromatic rings. The lowest BCUT2D eigenvalue weighted by molar-refractivity contribution is -0.125. The van der Waals surface area contributed by atoms with Crippen LogP contribution in [0.4, 0.5) is 11.4 Å². The van der Waals surface area contributed by atoms with Crippen molar-refractivity contribution in [2.24, 2.45) is 0 Å². The lowest BCUT2D eigenvalue weighted by Gasteiger charge is -2.22. The Morgan fingerprint density at radius 3 is 2.58 bits per heavy atom. The van der Waals surface area contributed by atoms with Gasteiger partial charge in [-0.15, -0.1) is 0 Å². The van der Waals surface area contributed by atoms with Crippen LogP contribution in [0, 0.1) is 0 Å². The van der Waals surface area contributed by atoms with Crippen molar-refractivity contribution in [3.8, 4) is 5.75 Å². The van der Waals surface area contributed by atoms with Gasteiger partial charge in [0.2, 0.25) is 11.8 Å². The molecule has 1 heterocycles. The standard InChI is InChI=1S/C19H20N2O3/c1-13(22)21(17-5-3-4-15-10-11-20-19(15)17)18(23)12-14-6-8-16(24-2)9-7-14/h3-9,20H,10-12H2,1-2H3. The SMILES string of the molecule is COc1ccc(CC(=O)N(C(C)=O)c2cccc3c2NCC3)cc1. The molecule has 24 heavy (non-hydrogen) atoms. The molecule has 0 bridgehead atoms. The van der Waals surface area contributed by atoms with Gasteiger partial charge in [-0.25, -0.2) is 4.90 Å². The molecule has 0 fully saturated rings. The summed E-state index contributed by atoms with van der Waals surface area (Å²) in [4.78, 5) is 26.2. The van der Waals surface area contributed by atoms with Gasteiger partial charge in [-0.3, -0.25) is 9.59 Å². The van der Waals surface area contributed by atoms with E-state index in [1.807, 2.05) is 42.5 Å². The van der Waals surface area contributed by atoms with Gasteiger partial charge in [-0.1, -0.05) is 24.3 Å². The number of imide groups is 1. The number of amides is 2. The average molecular weight is 324 g/mol. The Kier molecular flexibility index (Phi) is 4.51. The van der Waals surface area contributed by atoms with Gasteiger partial charge >= 0.3 is 0 Å². The van der Waals surface area contributed by atoms with Crippen LogP contribution in [0.1, 0.15) is 18.1 Å². The number of benzene rings is 2. The van der Waals surface area contributed by atoms with Crippen molar-refractivity contribution in [1.29, 1.82) is 0 Å². The zero-order valence-electron chi connectivity index (χ0n) is 13.8. The molecule has 2 aromatic carbocycles. The summed E-state index contributed by atoms with van der Waals surface area (Å²) in [5.74, 6) is 0.213. The van der Waals surface area contributed by atoms with Crippen LogP contribution in [0.3, 0.4) is 0 Å². The molecule has 1 aliphatic rings. The van der Waals surface area contributed by atoms with Gasteiger partial charge in [0.05, 0.1) is 24.9 Å². The van der Waals surface area contributed by atoms with Crippen LogP contribution >= 0.6 is 0 Å². The summed E-state index contributed by atoms with van der Waals surface area (Å²) >= 11 is 0. The highest BCUT2D eigenvalue weighted by atomic mass is 16.5. The summed E-state index contributed by atoms with van der Waals surface area (Å²) < 4.78 is 5.12. The molecule has 1 aliphatic heterocycles. The third kappa shape index (κ3) is 3.11. The highest BCUT2D eigenvalue weighted by Crippen LogP contribution is 2.34. The topological polar surface area (TPSA) is 58.6 Å². The molecule has 5 heteroatoms. The summed E-state index contributed by atoms with van der Waals surface area (Å²) in [6.45, 7) is 2.24. The number of carbonyl (C=O) groups excluding carboxylic acids is 2. The number of fused-ring (bicyclic) bond motifs is 1. The minimum absolute atomic E-state index is 0.160. The molecule has 5 nitrogen and oxygen atoms in total. The molecule has 0 saturated heterocycles. The number of carbonyl (C=O) groups is 2. The number of para-hydroxylation sites is 1. The number of rotatable bonds is 4. The quantitative estimate of drug-likeness (QED) is 0.939. The zero-order valence-corrected chi connectivity index (χ0v) is 13.8. The first-order valence-electron chi connectivity index (χ1n) is 7.92. The fraction of sp³-hybridized carbons (Fsp3) is 0.263. The number of nitrogens with one attached hydrogen (secondary N) is 1. The highest BCUT2D eigenvalue weighted by Gasteiger charge is 2.25. The number of nitrogens with zero attached hydrogens (tertiary/aromatic N) is 1. The van der Waals surface area contributed by atoms with Gasteiger partial charge in [0.25, 0.3) is 0 Å². The zero-order chi connectivity index (χ0) is 17.1. The molecule has 3 rings (SSSR count). The second kappa shape index (κ2) is 6.74. The molecule has 0 atom stereocenters. The Morgan fingerprint density at radius 2 is 1.92 bits per heavy atom. The maximum atomic E-state index is 12.8. The van der Waals surface area contributed by atoms with Gasteiger partial charge in [0.1, 0.15) is 5.75 Å². The maximum absolute atomic E-state index is 12.8. The molecule has 2 amide bonds. The molecule has 1 N–H and O–H groups in total. The van der Waals surface area contributed by atoms with E-state index in [0.29, 0.717) is 5.69 Å². The second-order valence-electron chi connectivity index (χ2n) is 5.76. The maximum Gasteiger partial charge on any atom is 0.238 e. The van der Waals surface area contributed by atoms with E-state index >= 15 is 0 Å². The van der Waals surface area contributed by atoms with E-state index in [-0.39, 0.29) is 18.2 Å². The van der Waals surface area contributed by atoms with E-state index in [1.165, 1.54) is 11.8 Å². The van der Waals surface area contributed by atoms with Gasteiger partial charge in [-0.2, -0.15) is 0 Å². The van der Waals surface area contributed by atoms with Crippen LogP contribution in [-0.4, -0.2) is 25.5 Å². The Balaban J connectivity index is 1.87. The highest BCUT2D eigenvalue weighted by molar-refractivity contribution is 6.16. The monoisotopic (exact) mass is 324 g/mol. The largest absolute Gasteiger partial charge is 0.497 e. The molecule has 0 saturated carbocycles. The summed E-state index contributed by atoms with van der Waals surface area (Å²) in [5.41, 5.74) is 3.50. The van der Waals surface area contributed by atoms with E-state index in [0.717, 1.165) is 35.5 Å². The van der Waals surface area contributed by atoms with Gasteiger partial charge in [0, 0.05) is 13.5 Å². The molecule has 124 valence electrons. The fourth-order valence-electron chi connectivity index (χ4n) is 2.98. The summed E-state index contributed by atoms with van der Waals surface area (Å²) in [6.07, 6.45) is 1.06. The van der Waals surface area contributed by atoms with Crippen LogP contribution in [0.5, 0.6) is 5.75 Å². The first kappa shape index (κ1) is 16.1. The third-order valence-corrected chi connectivity index (χ3v) is 4.14. The Hall–Kier alpha value is -2.82. The van der Waals surface area contributed by atoms with E-state index in [9.17, 15) is 9.59 Å². The van der Waals surface area contributed by atoms with Gasteiger partial charge in [0.15, 0.2) is 0 Å². The smallest absolute Gasteiger partial charge is 0.238 e. The minimum atomic E-state index is -0.282. The van der Waals surface area contributed by atoms with Crippen LogP contribution < -0.4 is 15.0 Å². The van der Waals surface area contributed by atoms with Crippen molar-refractivity contribution in [2.45, 2.75) is 19.8 Å². The number of hydrogen-bond donors (Lipinski definition) is 1. The first-order chi connectivity index (χ1) is 11.6. The second-order valence-corrected chi connectivity index (χ2v) is 5.76. The van der Waals surface area contributed by atoms with Crippen molar-refractivity contribution in [1.82, 2.24) is 0 Å². The molecule has 0 aliphatic carbocycles. The van der Waals surface area contributed by atoms with Crippen molar-refractivity contribution in [3.05, 3.63) is 53.6 Å². The van der Waals surface area contributed by atoms with Crippen molar-refractivity contribution in [3.63, 3.8) is 0 Å². The van der Waals surface area contributed by atoms with Crippen LogP contribution in [0.2, 0.25) is 0 Å². The lowest BCUT2D eigenvalue weighted by atomic mass is 10.1. The molecule has 0 spiro atoms. The lowest BCUT2D eigenvalue weighted by Crippen LogP contribution is -2.36. The molecule has 0 unspecified atom stereocenters. The van der Waals surface area contributed by atoms with E-state index < -0.39 is 0 Å². The predicted octanol–water partition coefficient (Wildman–Crippen LogP) is 2.79. The Bertz CT molecular complexity index is 769. The van der Waals surface area contributed by atoms with Crippen LogP contribution in [-0.2, 0) is 22.4 Å². The van der Waals surface area contributed by atoms with E-state index in [1.54, 1.807) is 7.11 Å². The first-order valence-corrected chi connectivity index (χ1v) is 7.92. The predicted molar refractivity (Wildman–Crippen MR) is 93.5 cm³/mol. The normalized spacial score (nSPS) is 12.2. The Labute approximate surface area is 141 Å². The van der Waals surface area contributed by atoms with Crippen LogP contribution in [0.15, 0.2) is 42.5 Å². The summed E-state index contributed by atoms with van der Waals surface area (Å²) in [7, 11) is 1.60. The van der Waals surface area contributed by atoms with Gasteiger partial charge in [-0.05, 0) is 35.7 Å². The third-order valence-electron chi connectivity index (χ3n) is 4.14. The number of methoxy groups -OCH3 is 1. The van der Waals surface area contributed by atoms with Crippen molar-refractivity contribution >= 4 is 23.2 Å². The summed E-state index contributed by atoms with van der Waals surface area (Å²) in [5, 5.41) is 3.28. The summed E-state index contributed by atoms with van der Waals surface area (Å²) in [6, 6.07) is 13.0.